The summed E-state index contributed by atoms with van der Waals surface area (Å²) in [5.41, 5.74) is 1.33. The summed E-state index contributed by atoms with van der Waals surface area (Å²) in [4.78, 5) is 12.1. The molecule has 2 amide bonds. The van der Waals surface area contributed by atoms with Crippen molar-refractivity contribution in [2.24, 2.45) is 0 Å². The molecule has 23 heavy (non-hydrogen) atoms. The van der Waals surface area contributed by atoms with Crippen LogP contribution in [0.4, 0.5) is 14.9 Å². The highest BCUT2D eigenvalue weighted by atomic mass is 19.1. The number of benzene rings is 2. The van der Waals surface area contributed by atoms with Crippen LogP contribution in [-0.2, 0) is 0 Å². The molecular formula is C17H19FN2O3. The van der Waals surface area contributed by atoms with Gasteiger partial charge in [0.2, 0.25) is 0 Å². The second kappa shape index (κ2) is 7.49. The van der Waals surface area contributed by atoms with Crippen LogP contribution < -0.4 is 20.1 Å². The third-order valence-electron chi connectivity index (χ3n) is 3.37. The van der Waals surface area contributed by atoms with E-state index in [1.54, 1.807) is 37.4 Å². The fourth-order valence-corrected chi connectivity index (χ4v) is 2.09. The molecule has 2 aromatic carbocycles. The maximum absolute atomic E-state index is 12.9. The van der Waals surface area contributed by atoms with Crippen molar-refractivity contribution >= 4 is 11.7 Å². The van der Waals surface area contributed by atoms with Crippen molar-refractivity contribution in [1.29, 1.82) is 0 Å². The zero-order chi connectivity index (χ0) is 16.8. The molecule has 2 rings (SSSR count). The highest BCUT2D eigenvalue weighted by molar-refractivity contribution is 5.91. The lowest BCUT2D eigenvalue weighted by Gasteiger charge is -2.16. The maximum Gasteiger partial charge on any atom is 0.319 e. The Morgan fingerprint density at radius 1 is 1.09 bits per heavy atom. The van der Waals surface area contributed by atoms with Gasteiger partial charge in [0.25, 0.3) is 0 Å². The van der Waals surface area contributed by atoms with Gasteiger partial charge in [0.05, 0.1) is 25.9 Å². The van der Waals surface area contributed by atoms with Crippen LogP contribution in [0.3, 0.4) is 0 Å². The Morgan fingerprint density at radius 2 is 1.78 bits per heavy atom. The number of ether oxygens (including phenoxy) is 2. The monoisotopic (exact) mass is 318 g/mol. The molecule has 0 radical (unpaired) electrons. The Morgan fingerprint density at radius 3 is 2.39 bits per heavy atom. The van der Waals surface area contributed by atoms with Crippen LogP contribution in [0.5, 0.6) is 11.5 Å². The van der Waals surface area contributed by atoms with Crippen LogP contribution in [0.2, 0.25) is 0 Å². The van der Waals surface area contributed by atoms with Gasteiger partial charge < -0.3 is 20.1 Å². The number of rotatable bonds is 5. The third-order valence-corrected chi connectivity index (χ3v) is 3.37. The lowest BCUT2D eigenvalue weighted by molar-refractivity contribution is 0.249. The van der Waals surface area contributed by atoms with E-state index in [4.69, 9.17) is 9.47 Å². The Bertz CT molecular complexity index is 674. The minimum Gasteiger partial charge on any atom is -0.497 e. The first kappa shape index (κ1) is 16.6. The summed E-state index contributed by atoms with van der Waals surface area (Å²) < 4.78 is 23.3. The van der Waals surface area contributed by atoms with Crippen molar-refractivity contribution < 1.29 is 18.7 Å². The molecule has 0 saturated heterocycles. The lowest BCUT2D eigenvalue weighted by atomic mass is 10.1. The predicted octanol–water partition coefficient (Wildman–Crippen LogP) is 3.73. The van der Waals surface area contributed by atoms with E-state index in [1.807, 2.05) is 6.92 Å². The molecule has 0 aromatic heterocycles. The average Bonchev–Trinajstić information content (AvgIpc) is 2.55. The van der Waals surface area contributed by atoms with Crippen molar-refractivity contribution in [2.75, 3.05) is 19.5 Å². The predicted molar refractivity (Wildman–Crippen MR) is 86.5 cm³/mol. The molecule has 0 spiro atoms. The zero-order valence-corrected chi connectivity index (χ0v) is 13.2. The maximum atomic E-state index is 12.9. The molecule has 0 aliphatic heterocycles. The van der Waals surface area contributed by atoms with Gasteiger partial charge in [0, 0.05) is 6.07 Å². The number of hydrogen-bond acceptors (Lipinski definition) is 3. The standard InChI is InChI=1S/C17H19FN2O3/c1-11(12-4-6-13(18)7-5-12)19-17(21)20-15-9-8-14(22-2)10-16(15)23-3/h4-11H,1-3H3,(H2,19,20,21). The Labute approximate surface area is 134 Å². The van der Waals surface area contributed by atoms with Crippen LogP contribution in [0.25, 0.3) is 0 Å². The van der Waals surface area contributed by atoms with Gasteiger partial charge >= 0.3 is 6.03 Å². The minimum absolute atomic E-state index is 0.264. The number of nitrogens with one attached hydrogen (secondary N) is 2. The average molecular weight is 318 g/mol. The number of halogens is 1. The van der Waals surface area contributed by atoms with E-state index in [9.17, 15) is 9.18 Å². The van der Waals surface area contributed by atoms with Gasteiger partial charge in [-0.1, -0.05) is 12.1 Å². The van der Waals surface area contributed by atoms with Crippen molar-refractivity contribution in [3.05, 3.63) is 53.8 Å². The van der Waals surface area contributed by atoms with Crippen LogP contribution in [0, 0.1) is 5.82 Å². The highest BCUT2D eigenvalue weighted by Gasteiger charge is 2.12. The molecule has 0 aliphatic carbocycles. The Balaban J connectivity index is 2.03. The first-order chi connectivity index (χ1) is 11.0. The summed E-state index contributed by atoms with van der Waals surface area (Å²) in [5, 5.41) is 5.50. The number of amides is 2. The van der Waals surface area contributed by atoms with Gasteiger partial charge in [0.15, 0.2) is 0 Å². The lowest BCUT2D eigenvalue weighted by Crippen LogP contribution is -2.31. The van der Waals surface area contributed by atoms with Crippen LogP contribution >= 0.6 is 0 Å². The molecule has 0 heterocycles. The fraction of sp³-hybridized carbons (Fsp3) is 0.235. The van der Waals surface area contributed by atoms with Crippen molar-refractivity contribution in [3.8, 4) is 11.5 Å². The molecule has 1 unspecified atom stereocenters. The molecule has 0 aliphatic rings. The highest BCUT2D eigenvalue weighted by Crippen LogP contribution is 2.29. The van der Waals surface area contributed by atoms with E-state index in [-0.39, 0.29) is 17.9 Å². The summed E-state index contributed by atoms with van der Waals surface area (Å²) in [6.07, 6.45) is 0. The van der Waals surface area contributed by atoms with Gasteiger partial charge in [-0.3, -0.25) is 0 Å². The van der Waals surface area contributed by atoms with E-state index in [0.29, 0.717) is 17.2 Å². The quantitative estimate of drug-likeness (QED) is 0.883. The number of carbonyl (C=O) groups is 1. The molecule has 0 saturated carbocycles. The Hall–Kier alpha value is -2.76. The second-order valence-corrected chi connectivity index (χ2v) is 4.94. The van der Waals surface area contributed by atoms with Crippen molar-refractivity contribution in [3.63, 3.8) is 0 Å². The molecule has 2 aromatic rings. The molecule has 122 valence electrons. The summed E-state index contributed by atoms with van der Waals surface area (Å²) in [7, 11) is 3.07. The van der Waals surface area contributed by atoms with E-state index < -0.39 is 0 Å². The van der Waals surface area contributed by atoms with Crippen LogP contribution in [0.1, 0.15) is 18.5 Å². The fourth-order valence-electron chi connectivity index (χ4n) is 2.09. The van der Waals surface area contributed by atoms with Crippen LogP contribution in [-0.4, -0.2) is 20.3 Å². The first-order valence-corrected chi connectivity index (χ1v) is 7.08. The van der Waals surface area contributed by atoms with E-state index in [1.165, 1.54) is 19.2 Å². The van der Waals surface area contributed by atoms with Gasteiger partial charge in [-0.2, -0.15) is 0 Å². The first-order valence-electron chi connectivity index (χ1n) is 7.08. The Kier molecular flexibility index (Phi) is 5.41. The smallest absolute Gasteiger partial charge is 0.319 e. The minimum atomic E-state index is -0.384. The van der Waals surface area contributed by atoms with Crippen molar-refractivity contribution in [1.82, 2.24) is 5.32 Å². The number of anilines is 1. The summed E-state index contributed by atoms with van der Waals surface area (Å²) in [5.74, 6) is 0.815. The molecule has 0 bridgehead atoms. The molecule has 1 atom stereocenters. The molecule has 6 heteroatoms. The van der Waals surface area contributed by atoms with Gasteiger partial charge in [-0.15, -0.1) is 0 Å². The number of hydrogen-bond donors (Lipinski definition) is 2. The zero-order valence-electron chi connectivity index (χ0n) is 13.2. The van der Waals surface area contributed by atoms with Crippen LogP contribution in [0.15, 0.2) is 42.5 Å². The van der Waals surface area contributed by atoms with Gasteiger partial charge in [0.1, 0.15) is 17.3 Å². The summed E-state index contributed by atoms with van der Waals surface area (Å²) in [6, 6.07) is 10.4. The van der Waals surface area contributed by atoms with Gasteiger partial charge in [-0.05, 0) is 36.8 Å². The third kappa shape index (κ3) is 4.35. The van der Waals surface area contributed by atoms with Crippen molar-refractivity contribution in [2.45, 2.75) is 13.0 Å². The molecule has 5 nitrogen and oxygen atoms in total. The normalized spacial score (nSPS) is 11.5. The topological polar surface area (TPSA) is 59.6 Å². The molecular weight excluding hydrogens is 299 g/mol. The summed E-state index contributed by atoms with van der Waals surface area (Å²) >= 11 is 0. The SMILES string of the molecule is COc1ccc(NC(=O)NC(C)c2ccc(F)cc2)c(OC)c1. The van der Waals surface area contributed by atoms with E-state index in [2.05, 4.69) is 10.6 Å². The summed E-state index contributed by atoms with van der Waals surface area (Å²) in [6.45, 7) is 1.82. The second-order valence-electron chi connectivity index (χ2n) is 4.94. The number of methoxy groups -OCH3 is 2. The number of urea groups is 1. The van der Waals surface area contributed by atoms with E-state index in [0.717, 1.165) is 5.56 Å². The van der Waals surface area contributed by atoms with E-state index >= 15 is 0 Å². The number of carbonyl (C=O) groups excluding carboxylic acids is 1. The van der Waals surface area contributed by atoms with Gasteiger partial charge in [-0.25, -0.2) is 9.18 Å². The molecule has 2 N–H and O–H groups in total. The largest absolute Gasteiger partial charge is 0.497 e. The molecule has 0 fully saturated rings.